The van der Waals surface area contributed by atoms with Crippen LogP contribution in [0.1, 0.15) is 52.6 Å². The third-order valence-electron chi connectivity index (χ3n) is 5.32. The van der Waals surface area contributed by atoms with Gasteiger partial charge >= 0.3 is 0 Å². The highest BCUT2D eigenvalue weighted by Crippen LogP contribution is 2.35. The lowest BCUT2D eigenvalue weighted by Gasteiger charge is -2.25. The average Bonchev–Trinajstić information content (AvgIpc) is 3.25. The van der Waals surface area contributed by atoms with Crippen molar-refractivity contribution in [2.75, 3.05) is 29.9 Å². The summed E-state index contributed by atoms with van der Waals surface area (Å²) in [6.45, 7) is 2.11. The first kappa shape index (κ1) is 18.8. The second-order valence-electron chi connectivity index (χ2n) is 7.09. The molecule has 2 aromatic rings. The molecule has 28 heavy (non-hydrogen) atoms. The molecule has 6 nitrogen and oxygen atoms in total. The number of piperidine rings is 1. The molecule has 0 radical (unpaired) electrons. The summed E-state index contributed by atoms with van der Waals surface area (Å²) in [6.07, 6.45) is 6.93. The Balaban J connectivity index is 1.64. The lowest BCUT2D eigenvalue weighted by molar-refractivity contribution is 0.101. The number of H-pyrrole nitrogens is 1. The maximum Gasteiger partial charge on any atom is 0.291 e. The number of nitriles is 1. The molecule has 0 saturated carbocycles. The summed E-state index contributed by atoms with van der Waals surface area (Å²) in [5, 5.41) is 15.3. The molecule has 4 rings (SSSR count). The second-order valence-corrected chi connectivity index (χ2v) is 8.24. The van der Waals surface area contributed by atoms with Gasteiger partial charge in [0.05, 0.1) is 6.20 Å². The molecule has 144 valence electrons. The average molecular weight is 394 g/mol. The number of anilines is 1. The van der Waals surface area contributed by atoms with E-state index in [0.29, 0.717) is 5.92 Å². The van der Waals surface area contributed by atoms with E-state index in [1.807, 2.05) is 23.9 Å². The Bertz CT molecular complexity index is 937. The number of nitrogens with one attached hydrogen (secondary N) is 3. The van der Waals surface area contributed by atoms with Crippen LogP contribution in [-0.4, -0.2) is 40.5 Å². The van der Waals surface area contributed by atoms with Crippen molar-refractivity contribution in [3.05, 3.63) is 53.1 Å². The highest BCUT2D eigenvalue weighted by Gasteiger charge is 2.20. The van der Waals surface area contributed by atoms with Crippen molar-refractivity contribution >= 4 is 28.9 Å². The maximum absolute atomic E-state index is 12.6. The van der Waals surface area contributed by atoms with E-state index in [0.717, 1.165) is 55.1 Å². The van der Waals surface area contributed by atoms with Gasteiger partial charge in [-0.05, 0) is 67.3 Å². The molecule has 1 aromatic heterocycles. The fourth-order valence-corrected chi connectivity index (χ4v) is 4.64. The molecule has 1 aromatic carbocycles. The van der Waals surface area contributed by atoms with E-state index in [2.05, 4.69) is 38.8 Å². The number of benzene rings is 1. The van der Waals surface area contributed by atoms with Gasteiger partial charge in [0.1, 0.15) is 11.8 Å². The molecule has 7 heteroatoms. The number of carbonyl (C=O) groups is 1. The van der Waals surface area contributed by atoms with E-state index in [4.69, 9.17) is 5.26 Å². The third-order valence-corrected chi connectivity index (χ3v) is 6.22. The van der Waals surface area contributed by atoms with Gasteiger partial charge in [0.25, 0.3) is 5.91 Å². The zero-order chi connectivity index (χ0) is 19.3. The standard InChI is InChI=1S/C21H23N5OS/c22-12-17-13-24-20(25-17)21(27)26-19-2-1-16(14-3-7-23-8-4-14)11-18(19)15-5-9-28-10-6-15/h1-2,5,11,13-14,23H,3-4,6-10H2,(H,24,25)(H,26,27). The minimum atomic E-state index is -0.330. The lowest BCUT2D eigenvalue weighted by atomic mass is 9.87. The van der Waals surface area contributed by atoms with Crippen molar-refractivity contribution in [1.29, 1.82) is 5.26 Å². The number of aromatic nitrogens is 2. The van der Waals surface area contributed by atoms with Crippen LogP contribution in [0.2, 0.25) is 0 Å². The lowest BCUT2D eigenvalue weighted by Crippen LogP contribution is -2.26. The quantitative estimate of drug-likeness (QED) is 0.739. The number of rotatable bonds is 4. The van der Waals surface area contributed by atoms with E-state index in [-0.39, 0.29) is 17.4 Å². The highest BCUT2D eigenvalue weighted by molar-refractivity contribution is 7.99. The molecule has 1 amide bonds. The summed E-state index contributed by atoms with van der Waals surface area (Å²) in [4.78, 5) is 19.4. The summed E-state index contributed by atoms with van der Waals surface area (Å²) in [7, 11) is 0. The molecule has 2 aliphatic heterocycles. The van der Waals surface area contributed by atoms with Crippen LogP contribution in [0, 0.1) is 11.3 Å². The number of hydrogen-bond donors (Lipinski definition) is 3. The molecule has 3 N–H and O–H groups in total. The number of nitrogens with zero attached hydrogens (tertiary/aromatic N) is 2. The third kappa shape index (κ3) is 4.13. The van der Waals surface area contributed by atoms with E-state index in [1.165, 1.54) is 17.3 Å². The van der Waals surface area contributed by atoms with Gasteiger partial charge in [-0.2, -0.15) is 17.0 Å². The molecule has 1 saturated heterocycles. The van der Waals surface area contributed by atoms with Gasteiger partial charge in [0.2, 0.25) is 0 Å². The van der Waals surface area contributed by atoms with Crippen LogP contribution in [0.15, 0.2) is 30.5 Å². The minimum absolute atomic E-state index is 0.151. The van der Waals surface area contributed by atoms with Gasteiger partial charge in [-0.25, -0.2) is 4.98 Å². The molecule has 0 unspecified atom stereocenters. The van der Waals surface area contributed by atoms with Gasteiger partial charge in [-0.3, -0.25) is 4.79 Å². The van der Waals surface area contributed by atoms with Crippen molar-refractivity contribution in [2.45, 2.75) is 25.2 Å². The summed E-state index contributed by atoms with van der Waals surface area (Å²) < 4.78 is 0. The number of allylic oxidation sites excluding steroid dienone is 1. The summed E-state index contributed by atoms with van der Waals surface area (Å²) in [5.41, 5.74) is 4.83. The summed E-state index contributed by atoms with van der Waals surface area (Å²) >= 11 is 1.93. The summed E-state index contributed by atoms with van der Waals surface area (Å²) in [5.74, 6) is 2.48. The Morgan fingerprint density at radius 1 is 1.32 bits per heavy atom. The normalized spacial score (nSPS) is 17.6. The van der Waals surface area contributed by atoms with Crippen LogP contribution < -0.4 is 10.6 Å². The number of imidazole rings is 1. The number of hydrogen-bond acceptors (Lipinski definition) is 5. The number of carbonyl (C=O) groups excluding carboxylic acids is 1. The molecule has 0 bridgehead atoms. The van der Waals surface area contributed by atoms with Gasteiger partial charge in [0, 0.05) is 17.0 Å². The number of aromatic amines is 1. The molecule has 3 heterocycles. The van der Waals surface area contributed by atoms with Gasteiger partial charge in [-0.1, -0.05) is 12.1 Å². The highest BCUT2D eigenvalue weighted by atomic mass is 32.2. The Labute approximate surface area is 168 Å². The van der Waals surface area contributed by atoms with Gasteiger partial charge in [-0.15, -0.1) is 0 Å². The monoisotopic (exact) mass is 393 g/mol. The molecule has 0 atom stereocenters. The fraction of sp³-hybridized carbons (Fsp3) is 0.381. The maximum atomic E-state index is 12.6. The number of thioether (sulfide) groups is 1. The first-order valence-electron chi connectivity index (χ1n) is 9.63. The first-order valence-corrected chi connectivity index (χ1v) is 10.8. The predicted molar refractivity (Wildman–Crippen MR) is 112 cm³/mol. The largest absolute Gasteiger partial charge is 0.326 e. The second kappa shape index (κ2) is 8.63. The Morgan fingerprint density at radius 2 is 2.18 bits per heavy atom. The minimum Gasteiger partial charge on any atom is -0.326 e. The predicted octanol–water partition coefficient (Wildman–Crippen LogP) is 3.52. The van der Waals surface area contributed by atoms with Gasteiger partial charge < -0.3 is 15.6 Å². The van der Waals surface area contributed by atoms with Crippen LogP contribution in [0.3, 0.4) is 0 Å². The molecular weight excluding hydrogens is 370 g/mol. The van der Waals surface area contributed by atoms with Crippen molar-refractivity contribution in [3.8, 4) is 6.07 Å². The van der Waals surface area contributed by atoms with Crippen molar-refractivity contribution in [1.82, 2.24) is 15.3 Å². The molecule has 0 aliphatic carbocycles. The van der Waals surface area contributed by atoms with Crippen molar-refractivity contribution in [2.24, 2.45) is 0 Å². The van der Waals surface area contributed by atoms with Gasteiger partial charge in [0.15, 0.2) is 5.82 Å². The Hall–Kier alpha value is -2.56. The Kier molecular flexibility index (Phi) is 5.79. The van der Waals surface area contributed by atoms with Crippen LogP contribution in [-0.2, 0) is 0 Å². The Morgan fingerprint density at radius 3 is 2.89 bits per heavy atom. The smallest absolute Gasteiger partial charge is 0.291 e. The first-order chi connectivity index (χ1) is 13.7. The van der Waals surface area contributed by atoms with Crippen LogP contribution in [0.5, 0.6) is 0 Å². The number of amides is 1. The zero-order valence-corrected chi connectivity index (χ0v) is 16.4. The van der Waals surface area contributed by atoms with Crippen molar-refractivity contribution in [3.63, 3.8) is 0 Å². The van der Waals surface area contributed by atoms with E-state index in [1.54, 1.807) is 0 Å². The molecule has 1 fully saturated rings. The van der Waals surface area contributed by atoms with Crippen LogP contribution in [0.4, 0.5) is 5.69 Å². The SMILES string of the molecule is N#Cc1cnc(C(=O)Nc2ccc(C3CCNCC3)cc2C2=CCSCC2)[nH]1. The zero-order valence-electron chi connectivity index (χ0n) is 15.6. The topological polar surface area (TPSA) is 93.6 Å². The van der Waals surface area contributed by atoms with Crippen LogP contribution in [0.25, 0.3) is 5.57 Å². The summed E-state index contributed by atoms with van der Waals surface area (Å²) in [6, 6.07) is 8.37. The van der Waals surface area contributed by atoms with E-state index >= 15 is 0 Å². The molecule has 0 spiro atoms. The fourth-order valence-electron chi connectivity index (χ4n) is 3.79. The molecular formula is C21H23N5OS. The van der Waals surface area contributed by atoms with Crippen molar-refractivity contribution < 1.29 is 4.79 Å². The van der Waals surface area contributed by atoms with E-state index in [9.17, 15) is 4.79 Å². The molecule has 2 aliphatic rings. The van der Waals surface area contributed by atoms with Crippen LogP contribution >= 0.6 is 11.8 Å². The van der Waals surface area contributed by atoms with E-state index < -0.39 is 0 Å².